The molecule has 0 saturated heterocycles. The van der Waals surface area contributed by atoms with Crippen molar-refractivity contribution in [2.45, 2.75) is 39.2 Å². The molecule has 0 fully saturated rings. The van der Waals surface area contributed by atoms with Gasteiger partial charge >= 0.3 is 0 Å². The van der Waals surface area contributed by atoms with E-state index in [4.69, 9.17) is 34.8 Å². The Morgan fingerprint density at radius 2 is 1.76 bits per heavy atom. The molecule has 4 aromatic rings. The van der Waals surface area contributed by atoms with Crippen molar-refractivity contribution >= 4 is 57.4 Å². The van der Waals surface area contributed by atoms with Crippen LogP contribution in [-0.4, -0.2) is 50.0 Å². The number of aliphatic hydroxyl groups is 1. The number of carbonyl (C=O) groups excluding carboxylic acids is 1. The lowest BCUT2D eigenvalue weighted by Crippen LogP contribution is -2.32. The summed E-state index contributed by atoms with van der Waals surface area (Å²) in [6.07, 6.45) is -0.280. The van der Waals surface area contributed by atoms with Crippen LogP contribution in [0.1, 0.15) is 43.8 Å². The number of halogens is 3. The molecule has 0 spiro atoms. The van der Waals surface area contributed by atoms with Crippen molar-refractivity contribution in [2.24, 2.45) is 0 Å². The molecule has 0 radical (unpaired) electrons. The maximum atomic E-state index is 13.1. The predicted molar refractivity (Wildman–Crippen MR) is 151 cm³/mol. The first-order chi connectivity index (χ1) is 18.0. The normalized spacial score (nSPS) is 12.3. The number of hydrogen-bond acceptors (Lipinski definition) is 6. The summed E-state index contributed by atoms with van der Waals surface area (Å²) < 4.78 is 1.68. The number of anilines is 1. The van der Waals surface area contributed by atoms with E-state index < -0.39 is 11.7 Å². The summed E-state index contributed by atoms with van der Waals surface area (Å²) in [5, 5.41) is 23.7. The molecule has 2 aromatic heterocycles. The Bertz CT molecular complexity index is 1510. The number of aromatic amines is 1. The average molecular weight is 578 g/mol. The van der Waals surface area contributed by atoms with Crippen molar-refractivity contribution in [2.75, 3.05) is 18.4 Å². The molecule has 0 aliphatic rings. The molecule has 2 heterocycles. The number of amides is 1. The number of H-pyrrole nitrogens is 1. The number of nitrogens with zero attached hydrogens (tertiary/aromatic N) is 3. The summed E-state index contributed by atoms with van der Waals surface area (Å²) in [6.45, 7) is 5.95. The van der Waals surface area contributed by atoms with Gasteiger partial charge in [-0.15, -0.1) is 0 Å². The van der Waals surface area contributed by atoms with Crippen molar-refractivity contribution in [1.82, 2.24) is 25.1 Å². The first kappa shape index (κ1) is 28.1. The quantitative estimate of drug-likeness (QED) is 0.229. The molecule has 4 rings (SSSR count). The largest absolute Gasteiger partial charge is 0.392 e. The Morgan fingerprint density at radius 1 is 1.11 bits per heavy atom. The Morgan fingerprint density at radius 3 is 2.37 bits per heavy atom. The van der Waals surface area contributed by atoms with Crippen molar-refractivity contribution < 1.29 is 9.90 Å². The van der Waals surface area contributed by atoms with Gasteiger partial charge in [0.15, 0.2) is 5.65 Å². The predicted octanol–water partition coefficient (Wildman–Crippen LogP) is 4.69. The van der Waals surface area contributed by atoms with Crippen LogP contribution in [0, 0.1) is 0 Å². The molecule has 0 saturated carbocycles. The first-order valence-corrected chi connectivity index (χ1v) is 13.1. The molecule has 2 aromatic carbocycles. The third kappa shape index (κ3) is 6.19. The van der Waals surface area contributed by atoms with Crippen LogP contribution in [0.15, 0.2) is 41.2 Å². The van der Waals surface area contributed by atoms with Gasteiger partial charge in [-0.1, -0.05) is 60.8 Å². The fourth-order valence-electron chi connectivity index (χ4n) is 4.07. The van der Waals surface area contributed by atoms with Gasteiger partial charge in [-0.2, -0.15) is 10.1 Å². The van der Waals surface area contributed by atoms with Gasteiger partial charge in [0.2, 0.25) is 5.91 Å². The zero-order chi connectivity index (χ0) is 27.6. The second kappa shape index (κ2) is 11.8. The van der Waals surface area contributed by atoms with Gasteiger partial charge in [0.1, 0.15) is 11.2 Å². The van der Waals surface area contributed by atoms with Crippen molar-refractivity contribution in [1.29, 1.82) is 0 Å². The Labute approximate surface area is 234 Å². The van der Waals surface area contributed by atoms with Crippen LogP contribution in [0.3, 0.4) is 0 Å². The standard InChI is InChI=1S/C26H27Cl3N6O3/c1-13(2)23-22-25(34-33-23)35(24-18(28)9-16(27)10-19(24)29)20(32-26(22)38)8-15-4-6-17(7-5-15)31-21(37)12-30-11-14(3)36/h4-7,9-10,13-14,30,36H,8,11-12H2,1-3H3,(H,31,37)(H,33,34). The maximum absolute atomic E-state index is 13.1. The molecular formula is C26H27Cl3N6O3. The van der Waals surface area contributed by atoms with Gasteiger partial charge < -0.3 is 15.7 Å². The molecule has 4 N–H and O–H groups in total. The highest BCUT2D eigenvalue weighted by atomic mass is 35.5. The summed E-state index contributed by atoms with van der Waals surface area (Å²) in [4.78, 5) is 29.7. The number of fused-ring (bicyclic) bond motifs is 1. The van der Waals surface area contributed by atoms with E-state index in [1.54, 1.807) is 35.8 Å². The molecule has 0 aliphatic carbocycles. The first-order valence-electron chi connectivity index (χ1n) is 12.0. The lowest BCUT2D eigenvalue weighted by molar-refractivity contribution is -0.115. The summed E-state index contributed by atoms with van der Waals surface area (Å²) in [5.41, 5.74) is 2.48. The van der Waals surface area contributed by atoms with Crippen LogP contribution in [0.5, 0.6) is 0 Å². The number of carbonyl (C=O) groups is 1. The van der Waals surface area contributed by atoms with Crippen molar-refractivity contribution in [3.8, 4) is 5.69 Å². The van der Waals surface area contributed by atoms with E-state index in [1.807, 2.05) is 26.0 Å². The van der Waals surface area contributed by atoms with E-state index in [9.17, 15) is 14.7 Å². The molecule has 0 aliphatic heterocycles. The highest BCUT2D eigenvalue weighted by Gasteiger charge is 2.23. The Hall–Kier alpha value is -2.95. The molecule has 38 heavy (non-hydrogen) atoms. The summed E-state index contributed by atoms with van der Waals surface area (Å²) in [7, 11) is 0. The fraction of sp³-hybridized carbons (Fsp3) is 0.308. The molecular weight excluding hydrogens is 551 g/mol. The van der Waals surface area contributed by atoms with Gasteiger partial charge in [-0.25, -0.2) is 0 Å². The molecule has 200 valence electrons. The monoisotopic (exact) mass is 576 g/mol. The fourth-order valence-corrected chi connectivity index (χ4v) is 5.06. The minimum atomic E-state index is -0.539. The number of hydrogen-bond donors (Lipinski definition) is 4. The van der Waals surface area contributed by atoms with E-state index >= 15 is 0 Å². The van der Waals surface area contributed by atoms with Crippen LogP contribution in [-0.2, 0) is 11.2 Å². The Kier molecular flexibility index (Phi) is 8.74. The van der Waals surface area contributed by atoms with Crippen LogP contribution >= 0.6 is 34.8 Å². The summed E-state index contributed by atoms with van der Waals surface area (Å²) >= 11 is 19.3. The van der Waals surface area contributed by atoms with E-state index in [0.717, 1.165) is 5.56 Å². The van der Waals surface area contributed by atoms with Gasteiger partial charge in [-0.05, 0) is 42.7 Å². The number of rotatable bonds is 9. The van der Waals surface area contributed by atoms with Gasteiger partial charge in [-0.3, -0.25) is 19.3 Å². The summed E-state index contributed by atoms with van der Waals surface area (Å²) in [6, 6.07) is 10.3. The second-order valence-corrected chi connectivity index (χ2v) is 10.5. The number of aliphatic hydroxyl groups excluding tert-OH is 1. The van der Waals surface area contributed by atoms with Gasteiger partial charge in [0.05, 0.1) is 34.1 Å². The highest BCUT2D eigenvalue weighted by molar-refractivity contribution is 6.40. The van der Waals surface area contributed by atoms with Crippen molar-refractivity contribution in [3.63, 3.8) is 0 Å². The zero-order valence-electron chi connectivity index (χ0n) is 21.0. The van der Waals surface area contributed by atoms with Crippen LogP contribution in [0.25, 0.3) is 16.7 Å². The van der Waals surface area contributed by atoms with Crippen molar-refractivity contribution in [3.05, 3.63) is 78.9 Å². The number of nitrogens with one attached hydrogen (secondary N) is 3. The smallest absolute Gasteiger partial charge is 0.284 e. The second-order valence-electron chi connectivity index (χ2n) is 9.28. The lowest BCUT2D eigenvalue weighted by Gasteiger charge is -2.17. The van der Waals surface area contributed by atoms with Crippen LogP contribution < -0.4 is 16.2 Å². The minimum Gasteiger partial charge on any atom is -0.392 e. The average Bonchev–Trinajstić information content (AvgIpc) is 3.27. The van der Waals surface area contributed by atoms with E-state index in [1.165, 1.54) is 0 Å². The molecule has 1 amide bonds. The van der Waals surface area contributed by atoms with Gasteiger partial charge in [0, 0.05) is 23.7 Å². The maximum Gasteiger partial charge on any atom is 0.284 e. The van der Waals surface area contributed by atoms with E-state index in [0.29, 0.717) is 45.5 Å². The molecule has 12 heteroatoms. The highest BCUT2D eigenvalue weighted by Crippen LogP contribution is 2.35. The lowest BCUT2D eigenvalue weighted by atomic mass is 10.1. The van der Waals surface area contributed by atoms with Gasteiger partial charge in [0.25, 0.3) is 5.56 Å². The van der Waals surface area contributed by atoms with E-state index in [-0.39, 0.29) is 34.8 Å². The zero-order valence-corrected chi connectivity index (χ0v) is 23.2. The Balaban J connectivity index is 1.71. The SMILES string of the molecule is CC(O)CNCC(=O)Nc1ccc(Cc2nc(=O)c3c(C(C)C)[nH]nc3n2-c2c(Cl)cc(Cl)cc2Cl)cc1. The molecule has 1 unspecified atom stereocenters. The molecule has 9 nitrogen and oxygen atoms in total. The number of benzene rings is 2. The third-order valence-electron chi connectivity index (χ3n) is 5.80. The summed E-state index contributed by atoms with van der Waals surface area (Å²) in [5.74, 6) is 0.162. The minimum absolute atomic E-state index is 0.00922. The number of aromatic nitrogens is 4. The van der Waals surface area contributed by atoms with Crippen LogP contribution in [0.2, 0.25) is 15.1 Å². The van der Waals surface area contributed by atoms with Crippen LogP contribution in [0.4, 0.5) is 5.69 Å². The topological polar surface area (TPSA) is 125 Å². The molecule has 0 bridgehead atoms. The third-order valence-corrected chi connectivity index (χ3v) is 6.59. The van der Waals surface area contributed by atoms with E-state index in [2.05, 4.69) is 25.8 Å². The molecule has 1 atom stereocenters.